The van der Waals surface area contributed by atoms with Gasteiger partial charge in [0.15, 0.2) is 11.4 Å². The molecule has 0 bridgehead atoms. The Morgan fingerprint density at radius 1 is 0.321 bits per heavy atom. The second-order valence-corrected chi connectivity index (χ2v) is 14.5. The first-order valence-electron chi connectivity index (χ1n) is 18.9. The van der Waals surface area contributed by atoms with Gasteiger partial charge in [0.25, 0.3) is 0 Å². The molecule has 0 aliphatic heterocycles. The second kappa shape index (κ2) is 12.0. The van der Waals surface area contributed by atoms with E-state index >= 15 is 0 Å². The molecule has 0 saturated carbocycles. The predicted molar refractivity (Wildman–Crippen MR) is 231 cm³/mol. The van der Waals surface area contributed by atoms with Crippen LogP contribution in [0.1, 0.15) is 0 Å². The molecule has 0 N–H and O–H groups in total. The Kier molecular flexibility index (Phi) is 6.60. The lowest BCUT2D eigenvalue weighted by molar-refractivity contribution is 0.667. The summed E-state index contributed by atoms with van der Waals surface area (Å²) in [6, 6.07) is 63.9. The first-order chi connectivity index (χ1) is 27.7. The van der Waals surface area contributed by atoms with Crippen molar-refractivity contribution in [1.29, 1.82) is 0 Å². The molecular weight excluding hydrogens is 685 g/mol. The zero-order chi connectivity index (χ0) is 36.7. The molecule has 0 fully saturated rings. The van der Waals surface area contributed by atoms with Crippen LogP contribution < -0.4 is 0 Å². The van der Waals surface area contributed by atoms with Crippen LogP contribution in [0.2, 0.25) is 0 Å². The number of hydrogen-bond donors (Lipinski definition) is 0. The maximum Gasteiger partial charge on any atom is 0.180 e. The van der Waals surface area contributed by atoms with Gasteiger partial charge in [-0.1, -0.05) is 146 Å². The minimum absolute atomic E-state index is 0.671. The van der Waals surface area contributed by atoms with Gasteiger partial charge in [0, 0.05) is 27.3 Å². The van der Waals surface area contributed by atoms with Crippen molar-refractivity contribution in [2.24, 2.45) is 0 Å². The van der Waals surface area contributed by atoms with Crippen LogP contribution in [0.25, 0.3) is 121 Å². The monoisotopic (exact) mass is 714 g/mol. The van der Waals surface area contributed by atoms with Gasteiger partial charge in [-0.3, -0.25) is 0 Å². The fourth-order valence-corrected chi connectivity index (χ4v) is 8.65. The number of nitrogens with zero attached hydrogens (tertiary/aromatic N) is 2. The topological polar surface area (TPSA) is 52.1 Å². The van der Waals surface area contributed by atoms with Crippen LogP contribution in [0.3, 0.4) is 0 Å². The van der Waals surface area contributed by atoms with E-state index in [9.17, 15) is 0 Å². The van der Waals surface area contributed by atoms with Gasteiger partial charge >= 0.3 is 0 Å². The predicted octanol–water partition coefficient (Wildman–Crippen LogP) is 14.4. The molecule has 3 aromatic heterocycles. The van der Waals surface area contributed by atoms with Gasteiger partial charge in [0.05, 0.1) is 0 Å². The van der Waals surface area contributed by atoms with Crippen molar-refractivity contribution in [3.63, 3.8) is 0 Å². The molecule has 0 spiro atoms. The third kappa shape index (κ3) is 4.66. The highest BCUT2D eigenvalue weighted by Crippen LogP contribution is 2.43. The minimum atomic E-state index is 0.671. The molecule has 0 aliphatic rings. The average Bonchev–Trinajstić information content (AvgIpc) is 3.84. The number of aromatic nitrogens is 2. The van der Waals surface area contributed by atoms with E-state index < -0.39 is 0 Å². The summed E-state index contributed by atoms with van der Waals surface area (Å²) in [7, 11) is 0. The van der Waals surface area contributed by atoms with Gasteiger partial charge in [-0.25, -0.2) is 9.97 Å². The number of fused-ring (bicyclic) bond motifs is 12. The van der Waals surface area contributed by atoms with Crippen molar-refractivity contribution in [2.75, 3.05) is 0 Å². The van der Waals surface area contributed by atoms with Crippen LogP contribution in [-0.4, -0.2) is 9.97 Å². The van der Waals surface area contributed by atoms with Gasteiger partial charge in [-0.2, -0.15) is 0 Å². The molecular formula is C52H30N2O2. The zero-order valence-electron chi connectivity index (χ0n) is 30.0. The fraction of sp³-hybridized carbons (Fsp3) is 0. The molecule has 3 heterocycles. The molecule has 9 aromatic carbocycles. The third-order valence-corrected chi connectivity index (χ3v) is 11.3. The molecule has 0 amide bonds. The van der Waals surface area contributed by atoms with Crippen molar-refractivity contribution in [3.8, 4) is 44.9 Å². The summed E-state index contributed by atoms with van der Waals surface area (Å²) in [5, 5.41) is 10.7. The first-order valence-corrected chi connectivity index (χ1v) is 18.9. The molecule has 56 heavy (non-hydrogen) atoms. The van der Waals surface area contributed by atoms with Gasteiger partial charge in [-0.15, -0.1) is 0 Å². The number of furan rings is 2. The highest BCUT2D eigenvalue weighted by molar-refractivity contribution is 6.26. The summed E-state index contributed by atoms with van der Waals surface area (Å²) < 4.78 is 13.2. The third-order valence-electron chi connectivity index (χ3n) is 11.3. The lowest BCUT2D eigenvalue weighted by atomic mass is 9.91. The molecule has 12 aromatic rings. The maximum atomic E-state index is 6.66. The summed E-state index contributed by atoms with van der Waals surface area (Å²) in [6.07, 6.45) is 0. The van der Waals surface area contributed by atoms with E-state index in [1.165, 1.54) is 32.3 Å². The Labute approximate surface area is 320 Å². The average molecular weight is 715 g/mol. The molecule has 4 nitrogen and oxygen atoms in total. The van der Waals surface area contributed by atoms with Crippen molar-refractivity contribution in [1.82, 2.24) is 9.97 Å². The molecule has 0 saturated heterocycles. The molecule has 4 heteroatoms. The Morgan fingerprint density at radius 2 is 0.911 bits per heavy atom. The minimum Gasteiger partial charge on any atom is -0.456 e. The number of benzene rings is 9. The molecule has 0 radical (unpaired) electrons. The molecule has 0 atom stereocenters. The normalized spacial score (nSPS) is 11.9. The van der Waals surface area contributed by atoms with Crippen LogP contribution in [0.5, 0.6) is 0 Å². The van der Waals surface area contributed by atoms with Crippen molar-refractivity contribution < 1.29 is 8.83 Å². The summed E-state index contributed by atoms with van der Waals surface area (Å²) >= 11 is 0. The van der Waals surface area contributed by atoms with E-state index in [0.717, 1.165) is 77.5 Å². The lowest BCUT2D eigenvalue weighted by Gasteiger charge is -2.12. The summed E-state index contributed by atoms with van der Waals surface area (Å²) in [4.78, 5) is 10.1. The Balaban J connectivity index is 1.02. The largest absolute Gasteiger partial charge is 0.456 e. The Morgan fingerprint density at radius 3 is 1.66 bits per heavy atom. The van der Waals surface area contributed by atoms with Crippen LogP contribution in [0.15, 0.2) is 191 Å². The van der Waals surface area contributed by atoms with E-state index in [-0.39, 0.29) is 0 Å². The Hall–Kier alpha value is -7.56. The highest BCUT2D eigenvalue weighted by atomic mass is 16.3. The van der Waals surface area contributed by atoms with Gasteiger partial charge < -0.3 is 8.83 Å². The zero-order valence-corrected chi connectivity index (χ0v) is 30.0. The van der Waals surface area contributed by atoms with Crippen LogP contribution >= 0.6 is 0 Å². The first kappa shape index (κ1) is 30.9. The van der Waals surface area contributed by atoms with E-state index in [4.69, 9.17) is 18.8 Å². The van der Waals surface area contributed by atoms with Gasteiger partial charge in [0.1, 0.15) is 28.0 Å². The fourth-order valence-electron chi connectivity index (χ4n) is 8.65. The van der Waals surface area contributed by atoms with Crippen LogP contribution in [0, 0.1) is 0 Å². The molecule has 0 unspecified atom stereocenters. The Bertz CT molecular complexity index is 3490. The number of hydrogen-bond acceptors (Lipinski definition) is 4. The SMILES string of the molecule is c1ccc(-c2nc(-c3ccccc3)c3oc4cc(-c5ccc6oc7cccc(-c8ccc9c%10ccccc%10c%10ccccc%10c9c8)c7c6c5)ccc4c3n2)cc1. The van der Waals surface area contributed by atoms with Crippen molar-refractivity contribution in [2.45, 2.75) is 0 Å². The summed E-state index contributed by atoms with van der Waals surface area (Å²) in [5.41, 5.74) is 11.1. The standard InChI is InChI=1S/C52H30N2O2/c1-3-12-31(13-4-1)49-51-50(54-52(53-49)32-14-5-2-6-15-32)42-26-22-34(30-47(42)56-51)33-24-27-45-44(28-33)48-36(20-11-21-46(48)55-45)35-23-25-41-39-18-8-7-16-37(39)38-17-9-10-19-40(38)43(41)29-35/h1-30H. The van der Waals surface area contributed by atoms with E-state index in [2.05, 4.69) is 133 Å². The van der Waals surface area contributed by atoms with E-state index in [1.807, 2.05) is 48.5 Å². The van der Waals surface area contributed by atoms with Crippen molar-refractivity contribution >= 4 is 76.3 Å². The highest BCUT2D eigenvalue weighted by Gasteiger charge is 2.20. The van der Waals surface area contributed by atoms with Crippen LogP contribution in [0.4, 0.5) is 0 Å². The maximum absolute atomic E-state index is 6.66. The summed E-state index contributed by atoms with van der Waals surface area (Å²) in [6.45, 7) is 0. The van der Waals surface area contributed by atoms with Gasteiger partial charge in [0.2, 0.25) is 0 Å². The molecule has 0 aliphatic carbocycles. The smallest absolute Gasteiger partial charge is 0.180 e. The molecule has 260 valence electrons. The number of rotatable bonds is 4. The van der Waals surface area contributed by atoms with Crippen molar-refractivity contribution in [3.05, 3.63) is 182 Å². The van der Waals surface area contributed by atoms with E-state index in [1.54, 1.807) is 0 Å². The lowest BCUT2D eigenvalue weighted by Crippen LogP contribution is -1.93. The van der Waals surface area contributed by atoms with Gasteiger partial charge in [-0.05, 0) is 91.0 Å². The second-order valence-electron chi connectivity index (χ2n) is 14.5. The molecule has 12 rings (SSSR count). The van der Waals surface area contributed by atoms with E-state index in [0.29, 0.717) is 11.4 Å². The quantitative estimate of drug-likeness (QED) is 0.170. The summed E-state index contributed by atoms with van der Waals surface area (Å²) in [5.74, 6) is 0.671. The van der Waals surface area contributed by atoms with Crippen LogP contribution in [-0.2, 0) is 0 Å².